The molecule has 2 rings (SSSR count). The van der Waals surface area contributed by atoms with E-state index in [1.165, 1.54) is 0 Å². The number of aryl methyl sites for hydroxylation is 1. The maximum atomic E-state index is 11.9. The number of likely N-dealkylation sites (tertiary alicyclic amines) is 1. The Balaban J connectivity index is 1.76. The van der Waals surface area contributed by atoms with E-state index in [4.69, 9.17) is 0 Å². The van der Waals surface area contributed by atoms with Crippen LogP contribution in [-0.2, 0) is 0 Å². The van der Waals surface area contributed by atoms with Crippen LogP contribution in [0.4, 0.5) is 4.79 Å². The maximum Gasteiger partial charge on any atom is 0.319 e. The van der Waals surface area contributed by atoms with E-state index in [0.29, 0.717) is 12.6 Å². The lowest BCUT2D eigenvalue weighted by molar-refractivity contribution is 0.140. The van der Waals surface area contributed by atoms with Crippen LogP contribution in [0.3, 0.4) is 0 Å². The summed E-state index contributed by atoms with van der Waals surface area (Å²) in [6, 6.07) is 8.42. The summed E-state index contributed by atoms with van der Waals surface area (Å²) in [7, 11) is 3.57. The van der Waals surface area contributed by atoms with Gasteiger partial charge in [-0.15, -0.1) is 0 Å². The molecule has 1 aromatic carbocycles. The van der Waals surface area contributed by atoms with Crippen LogP contribution in [0.1, 0.15) is 30.1 Å². The Hall–Kier alpha value is -1.59. The van der Waals surface area contributed by atoms with Crippen LogP contribution in [0.25, 0.3) is 0 Å². The van der Waals surface area contributed by atoms with Gasteiger partial charge in [-0.3, -0.25) is 0 Å². The summed E-state index contributed by atoms with van der Waals surface area (Å²) in [6.07, 6.45) is 1.38. The third-order valence-corrected chi connectivity index (χ3v) is 4.17. The zero-order valence-corrected chi connectivity index (χ0v) is 13.7. The number of piperidine rings is 1. The van der Waals surface area contributed by atoms with Gasteiger partial charge in [-0.2, -0.15) is 0 Å². The summed E-state index contributed by atoms with van der Waals surface area (Å²) in [5.74, 6) is 0. The minimum Gasteiger partial charge on any atom is -0.387 e. The Kier molecular flexibility index (Phi) is 5.80. The highest BCUT2D eigenvalue weighted by atomic mass is 16.3. The average Bonchev–Trinajstić information content (AvgIpc) is 2.52. The lowest BCUT2D eigenvalue weighted by Crippen LogP contribution is -2.48. The van der Waals surface area contributed by atoms with Crippen molar-refractivity contribution >= 4 is 6.03 Å². The van der Waals surface area contributed by atoms with E-state index in [-0.39, 0.29) is 6.03 Å². The fourth-order valence-electron chi connectivity index (χ4n) is 2.83. The molecule has 0 bridgehead atoms. The molecule has 1 saturated heterocycles. The van der Waals surface area contributed by atoms with E-state index >= 15 is 0 Å². The molecule has 1 aliphatic heterocycles. The molecular formula is C17H27N3O2. The highest BCUT2D eigenvalue weighted by Gasteiger charge is 2.23. The number of nitrogens with one attached hydrogen (secondary N) is 1. The van der Waals surface area contributed by atoms with Gasteiger partial charge in [-0.1, -0.05) is 29.8 Å². The molecule has 5 nitrogen and oxygen atoms in total. The van der Waals surface area contributed by atoms with Crippen molar-refractivity contribution in [2.24, 2.45) is 0 Å². The molecule has 1 fully saturated rings. The third-order valence-electron chi connectivity index (χ3n) is 4.17. The average molecular weight is 305 g/mol. The first kappa shape index (κ1) is 16.8. The monoisotopic (exact) mass is 305 g/mol. The Morgan fingerprint density at radius 2 is 2.09 bits per heavy atom. The summed E-state index contributed by atoms with van der Waals surface area (Å²) in [6.45, 7) is 4.13. The van der Waals surface area contributed by atoms with Gasteiger partial charge >= 0.3 is 6.03 Å². The highest BCUT2D eigenvalue weighted by Crippen LogP contribution is 2.16. The zero-order chi connectivity index (χ0) is 16.1. The number of rotatable bonds is 4. The number of hydrogen-bond acceptors (Lipinski definition) is 3. The van der Waals surface area contributed by atoms with Crippen molar-refractivity contribution in [1.29, 1.82) is 0 Å². The van der Waals surface area contributed by atoms with Crippen LogP contribution < -0.4 is 5.32 Å². The highest BCUT2D eigenvalue weighted by molar-refractivity contribution is 5.73. The Morgan fingerprint density at radius 3 is 2.68 bits per heavy atom. The van der Waals surface area contributed by atoms with Crippen LogP contribution in [-0.4, -0.2) is 60.7 Å². The van der Waals surface area contributed by atoms with Crippen LogP contribution >= 0.6 is 0 Å². The van der Waals surface area contributed by atoms with Crippen molar-refractivity contribution in [2.45, 2.75) is 31.9 Å². The van der Waals surface area contributed by atoms with E-state index in [1.807, 2.05) is 36.1 Å². The molecule has 0 spiro atoms. The van der Waals surface area contributed by atoms with Gasteiger partial charge in [0.15, 0.2) is 0 Å². The fourth-order valence-corrected chi connectivity index (χ4v) is 2.83. The summed E-state index contributed by atoms with van der Waals surface area (Å²) >= 11 is 0. The molecule has 1 atom stereocenters. The molecule has 1 unspecified atom stereocenters. The first-order valence-electron chi connectivity index (χ1n) is 7.91. The summed E-state index contributed by atoms with van der Waals surface area (Å²) < 4.78 is 0. The van der Waals surface area contributed by atoms with Gasteiger partial charge < -0.3 is 20.2 Å². The molecule has 1 aliphatic rings. The molecule has 5 heteroatoms. The minimum absolute atomic E-state index is 0.0817. The molecule has 0 saturated carbocycles. The van der Waals surface area contributed by atoms with Crippen molar-refractivity contribution in [1.82, 2.24) is 15.1 Å². The summed E-state index contributed by atoms with van der Waals surface area (Å²) in [4.78, 5) is 15.4. The number of benzene rings is 1. The molecule has 122 valence electrons. The number of aliphatic hydroxyl groups is 1. The molecule has 0 radical (unpaired) electrons. The van der Waals surface area contributed by atoms with E-state index < -0.39 is 6.10 Å². The van der Waals surface area contributed by atoms with Crippen LogP contribution in [0, 0.1) is 6.92 Å². The maximum absolute atomic E-state index is 11.9. The zero-order valence-electron chi connectivity index (χ0n) is 13.7. The second-order valence-electron chi connectivity index (χ2n) is 6.28. The SMILES string of the molecule is Cc1cccc(C(O)CNC2CCN(C(=O)N(C)C)CC2)c1. The number of nitrogens with zero attached hydrogens (tertiary/aromatic N) is 2. The van der Waals surface area contributed by atoms with E-state index in [0.717, 1.165) is 37.1 Å². The lowest BCUT2D eigenvalue weighted by atomic mass is 10.0. The van der Waals surface area contributed by atoms with E-state index in [9.17, 15) is 9.90 Å². The normalized spacial score (nSPS) is 17.4. The van der Waals surface area contributed by atoms with Crippen molar-refractivity contribution in [3.63, 3.8) is 0 Å². The molecule has 2 N–H and O–H groups in total. The number of urea groups is 1. The Morgan fingerprint density at radius 1 is 1.41 bits per heavy atom. The third kappa shape index (κ3) is 4.45. The molecule has 0 aromatic heterocycles. The van der Waals surface area contributed by atoms with Crippen molar-refractivity contribution < 1.29 is 9.90 Å². The van der Waals surface area contributed by atoms with E-state index in [1.54, 1.807) is 19.0 Å². The van der Waals surface area contributed by atoms with Crippen LogP contribution in [0.2, 0.25) is 0 Å². The predicted octanol–water partition coefficient (Wildman–Crippen LogP) is 1.76. The van der Waals surface area contributed by atoms with Crippen molar-refractivity contribution in [2.75, 3.05) is 33.7 Å². The summed E-state index contributed by atoms with van der Waals surface area (Å²) in [5, 5.41) is 13.7. The Labute approximate surface area is 132 Å². The van der Waals surface area contributed by atoms with Crippen LogP contribution in [0.15, 0.2) is 24.3 Å². The smallest absolute Gasteiger partial charge is 0.319 e. The van der Waals surface area contributed by atoms with Gasteiger partial charge in [0.25, 0.3) is 0 Å². The standard InChI is InChI=1S/C17H27N3O2/c1-13-5-4-6-14(11-13)16(21)12-18-15-7-9-20(10-8-15)17(22)19(2)3/h4-6,11,15-16,18,21H,7-10,12H2,1-3H3. The second-order valence-corrected chi connectivity index (χ2v) is 6.28. The quantitative estimate of drug-likeness (QED) is 0.891. The van der Waals surface area contributed by atoms with Gasteiger partial charge in [0.2, 0.25) is 0 Å². The van der Waals surface area contributed by atoms with Gasteiger partial charge in [0.1, 0.15) is 0 Å². The molecule has 22 heavy (non-hydrogen) atoms. The molecule has 1 heterocycles. The minimum atomic E-state index is -0.485. The molecule has 1 aromatic rings. The van der Waals surface area contributed by atoms with Gasteiger partial charge in [0.05, 0.1) is 6.10 Å². The molecular weight excluding hydrogens is 278 g/mol. The van der Waals surface area contributed by atoms with Gasteiger partial charge in [-0.25, -0.2) is 4.79 Å². The number of amides is 2. The predicted molar refractivity (Wildman–Crippen MR) is 87.8 cm³/mol. The molecule has 0 aliphatic carbocycles. The number of carbonyl (C=O) groups excluding carboxylic acids is 1. The summed E-state index contributed by atoms with van der Waals surface area (Å²) in [5.41, 5.74) is 2.11. The topological polar surface area (TPSA) is 55.8 Å². The van der Waals surface area contributed by atoms with Crippen molar-refractivity contribution in [3.05, 3.63) is 35.4 Å². The number of hydrogen-bond donors (Lipinski definition) is 2. The largest absolute Gasteiger partial charge is 0.387 e. The first-order chi connectivity index (χ1) is 10.5. The lowest BCUT2D eigenvalue weighted by Gasteiger charge is -2.34. The van der Waals surface area contributed by atoms with Gasteiger partial charge in [0, 0.05) is 39.8 Å². The molecule has 2 amide bonds. The van der Waals surface area contributed by atoms with E-state index in [2.05, 4.69) is 5.32 Å². The first-order valence-corrected chi connectivity index (χ1v) is 7.91. The number of aliphatic hydroxyl groups excluding tert-OH is 1. The van der Waals surface area contributed by atoms with Gasteiger partial charge in [-0.05, 0) is 25.3 Å². The fraction of sp³-hybridized carbons (Fsp3) is 0.588. The second kappa shape index (κ2) is 7.61. The Bertz CT molecular complexity index is 496. The number of carbonyl (C=O) groups is 1. The van der Waals surface area contributed by atoms with Crippen LogP contribution in [0.5, 0.6) is 0 Å². The van der Waals surface area contributed by atoms with Crippen molar-refractivity contribution in [3.8, 4) is 0 Å².